The van der Waals surface area contributed by atoms with Crippen molar-refractivity contribution in [2.24, 2.45) is 0 Å². The lowest BCUT2D eigenvalue weighted by Crippen LogP contribution is -2.33. The molecule has 0 aliphatic carbocycles. The first-order valence-corrected chi connectivity index (χ1v) is 13.5. The third-order valence-electron chi connectivity index (χ3n) is 6.69. The maximum absolute atomic E-state index is 13.7. The van der Waals surface area contributed by atoms with Crippen molar-refractivity contribution in [2.75, 3.05) is 6.61 Å². The Labute approximate surface area is 244 Å². The first-order chi connectivity index (χ1) is 20.2. The molecule has 214 valence electrons. The summed E-state index contributed by atoms with van der Waals surface area (Å²) in [6.45, 7) is 5.15. The molecule has 2 atom stereocenters. The SMILES string of the molecule is CC1=C(C(=O)OC/C=C/c2ccccc2)C(c2cccc([N+](=O)[O-])c2)C(C(=O)OC(C)/C=C/c2ccccc2)=C(C)N1. The first-order valence-electron chi connectivity index (χ1n) is 13.5. The lowest BCUT2D eigenvalue weighted by Gasteiger charge is -2.30. The van der Waals surface area contributed by atoms with Gasteiger partial charge in [0.15, 0.2) is 0 Å². The molecule has 2 unspecified atom stereocenters. The zero-order chi connectivity index (χ0) is 30.1. The molecule has 8 heteroatoms. The Bertz CT molecular complexity index is 1570. The smallest absolute Gasteiger partial charge is 0.337 e. The average Bonchev–Trinajstić information content (AvgIpc) is 2.98. The lowest BCUT2D eigenvalue weighted by molar-refractivity contribution is -0.384. The summed E-state index contributed by atoms with van der Waals surface area (Å²) >= 11 is 0. The summed E-state index contributed by atoms with van der Waals surface area (Å²) < 4.78 is 11.4. The van der Waals surface area contributed by atoms with Crippen LogP contribution in [-0.4, -0.2) is 29.6 Å². The fourth-order valence-electron chi connectivity index (χ4n) is 4.72. The van der Waals surface area contributed by atoms with E-state index in [0.29, 0.717) is 17.0 Å². The highest BCUT2D eigenvalue weighted by Crippen LogP contribution is 2.40. The molecule has 1 N–H and O–H groups in total. The van der Waals surface area contributed by atoms with Crippen LogP contribution >= 0.6 is 0 Å². The number of dihydropyridines is 1. The molecule has 0 saturated heterocycles. The highest BCUT2D eigenvalue weighted by Gasteiger charge is 2.38. The molecule has 0 bridgehead atoms. The molecule has 0 amide bonds. The molecule has 3 aromatic rings. The average molecular weight is 565 g/mol. The molecule has 0 spiro atoms. The van der Waals surface area contributed by atoms with Crippen molar-refractivity contribution in [1.29, 1.82) is 0 Å². The van der Waals surface area contributed by atoms with Crippen LogP contribution in [0.5, 0.6) is 0 Å². The van der Waals surface area contributed by atoms with Gasteiger partial charge in [-0.2, -0.15) is 0 Å². The molecule has 0 fully saturated rings. The summed E-state index contributed by atoms with van der Waals surface area (Å²) in [4.78, 5) is 38.2. The predicted octanol–water partition coefficient (Wildman–Crippen LogP) is 6.73. The number of allylic oxidation sites excluding steroid dienone is 2. The molecule has 1 aliphatic heterocycles. The van der Waals surface area contributed by atoms with Crippen LogP contribution in [0, 0.1) is 10.1 Å². The molecular formula is C34H32N2O6. The fourth-order valence-corrected chi connectivity index (χ4v) is 4.72. The number of nitro groups is 1. The number of nitrogens with zero attached hydrogens (tertiary/aromatic N) is 1. The number of nitrogens with one attached hydrogen (secondary N) is 1. The van der Waals surface area contributed by atoms with Crippen LogP contribution in [0.15, 0.2) is 120 Å². The summed E-state index contributed by atoms with van der Waals surface area (Å²) in [5, 5.41) is 14.7. The number of carbonyl (C=O) groups is 2. The van der Waals surface area contributed by atoms with Crippen molar-refractivity contribution in [2.45, 2.75) is 32.8 Å². The van der Waals surface area contributed by atoms with E-state index >= 15 is 0 Å². The van der Waals surface area contributed by atoms with E-state index in [2.05, 4.69) is 5.32 Å². The van der Waals surface area contributed by atoms with Crippen LogP contribution < -0.4 is 5.32 Å². The summed E-state index contributed by atoms with van der Waals surface area (Å²) in [5.74, 6) is -2.25. The van der Waals surface area contributed by atoms with E-state index < -0.39 is 28.9 Å². The third-order valence-corrected chi connectivity index (χ3v) is 6.69. The second-order valence-electron chi connectivity index (χ2n) is 9.78. The lowest BCUT2D eigenvalue weighted by atomic mass is 9.80. The minimum atomic E-state index is -0.949. The number of non-ortho nitro benzene ring substituents is 1. The predicted molar refractivity (Wildman–Crippen MR) is 162 cm³/mol. The van der Waals surface area contributed by atoms with Crippen LogP contribution in [0.1, 0.15) is 43.4 Å². The van der Waals surface area contributed by atoms with Crippen molar-refractivity contribution in [1.82, 2.24) is 5.32 Å². The zero-order valence-corrected chi connectivity index (χ0v) is 23.7. The van der Waals surface area contributed by atoms with Gasteiger partial charge >= 0.3 is 11.9 Å². The molecule has 1 aliphatic rings. The monoisotopic (exact) mass is 564 g/mol. The molecule has 0 radical (unpaired) electrons. The van der Waals surface area contributed by atoms with Crippen molar-refractivity contribution in [3.63, 3.8) is 0 Å². The molecule has 3 aromatic carbocycles. The highest BCUT2D eigenvalue weighted by atomic mass is 16.6. The number of nitro benzene ring substituents is 1. The van der Waals surface area contributed by atoms with Gasteiger partial charge in [-0.05, 0) is 49.6 Å². The summed E-state index contributed by atoms with van der Waals surface area (Å²) in [6.07, 6.45) is 6.58. The van der Waals surface area contributed by atoms with Crippen molar-refractivity contribution in [3.05, 3.63) is 146 Å². The minimum Gasteiger partial charge on any atom is -0.458 e. The molecule has 8 nitrogen and oxygen atoms in total. The van der Waals surface area contributed by atoms with Crippen LogP contribution in [0.2, 0.25) is 0 Å². The van der Waals surface area contributed by atoms with Crippen molar-refractivity contribution < 1.29 is 24.0 Å². The maximum atomic E-state index is 13.7. The molecule has 42 heavy (non-hydrogen) atoms. The van der Waals surface area contributed by atoms with E-state index in [4.69, 9.17) is 9.47 Å². The van der Waals surface area contributed by atoms with Crippen LogP contribution in [0.4, 0.5) is 5.69 Å². The van der Waals surface area contributed by atoms with Crippen LogP contribution in [0.3, 0.4) is 0 Å². The summed E-state index contributed by atoms with van der Waals surface area (Å²) in [5.41, 5.74) is 3.46. The van der Waals surface area contributed by atoms with Gasteiger partial charge in [0.1, 0.15) is 12.7 Å². The third kappa shape index (κ3) is 7.48. The van der Waals surface area contributed by atoms with Crippen LogP contribution in [-0.2, 0) is 19.1 Å². The van der Waals surface area contributed by atoms with Gasteiger partial charge in [0.25, 0.3) is 5.69 Å². The van der Waals surface area contributed by atoms with E-state index in [9.17, 15) is 19.7 Å². The number of hydrogen-bond acceptors (Lipinski definition) is 7. The van der Waals surface area contributed by atoms with Gasteiger partial charge in [0.2, 0.25) is 0 Å². The number of benzene rings is 3. The van der Waals surface area contributed by atoms with E-state index in [1.54, 1.807) is 39.0 Å². The Morgan fingerprint density at radius 3 is 2.10 bits per heavy atom. The van der Waals surface area contributed by atoms with Gasteiger partial charge in [0, 0.05) is 23.5 Å². The second kappa shape index (κ2) is 13.9. The van der Waals surface area contributed by atoms with E-state index in [-0.39, 0.29) is 23.4 Å². The van der Waals surface area contributed by atoms with Gasteiger partial charge in [-0.3, -0.25) is 10.1 Å². The minimum absolute atomic E-state index is 0.00401. The number of ether oxygens (including phenoxy) is 2. The Kier molecular flexibility index (Phi) is 9.84. The standard InChI is InChI=1S/C34H32N2O6/c1-23(19-20-27-14-8-5-9-15-27)42-34(38)31-25(3)35-24(2)30(32(31)28-17-10-18-29(22-28)36(39)40)33(37)41-21-11-16-26-12-6-4-7-13-26/h4-20,22-23,32,35H,21H2,1-3H3/b16-11+,20-19+. The Morgan fingerprint density at radius 2 is 1.48 bits per heavy atom. The Balaban J connectivity index is 1.62. The number of rotatable bonds is 10. The fraction of sp³-hybridized carbons (Fsp3) is 0.176. The topological polar surface area (TPSA) is 108 Å². The maximum Gasteiger partial charge on any atom is 0.337 e. The largest absolute Gasteiger partial charge is 0.458 e. The highest BCUT2D eigenvalue weighted by molar-refractivity contribution is 6.00. The second-order valence-corrected chi connectivity index (χ2v) is 9.78. The van der Waals surface area contributed by atoms with E-state index in [0.717, 1.165) is 11.1 Å². The van der Waals surface area contributed by atoms with Gasteiger partial charge in [0.05, 0.1) is 22.0 Å². The van der Waals surface area contributed by atoms with Gasteiger partial charge in [-0.1, -0.05) is 84.9 Å². The molecular weight excluding hydrogens is 532 g/mol. The Morgan fingerprint density at radius 1 is 0.881 bits per heavy atom. The molecule has 0 saturated carbocycles. The molecule has 1 heterocycles. The van der Waals surface area contributed by atoms with Crippen molar-refractivity contribution >= 4 is 29.8 Å². The Hall–Kier alpha value is -5.24. The zero-order valence-electron chi connectivity index (χ0n) is 23.7. The molecule has 0 aromatic heterocycles. The number of esters is 2. The summed E-state index contributed by atoms with van der Waals surface area (Å²) in [6, 6.07) is 25.1. The van der Waals surface area contributed by atoms with E-state index in [1.165, 1.54) is 18.2 Å². The number of carbonyl (C=O) groups excluding carboxylic acids is 2. The van der Waals surface area contributed by atoms with Crippen molar-refractivity contribution in [3.8, 4) is 0 Å². The number of hydrogen-bond donors (Lipinski definition) is 1. The first kappa shape index (κ1) is 29.7. The molecule has 4 rings (SSSR count). The summed E-state index contributed by atoms with van der Waals surface area (Å²) in [7, 11) is 0. The van der Waals surface area contributed by atoms with Crippen LogP contribution in [0.25, 0.3) is 12.2 Å². The quantitative estimate of drug-likeness (QED) is 0.165. The van der Waals surface area contributed by atoms with E-state index in [1.807, 2.05) is 72.8 Å². The normalized spacial score (nSPS) is 15.9. The van der Waals surface area contributed by atoms with Gasteiger partial charge < -0.3 is 14.8 Å². The van der Waals surface area contributed by atoms with Gasteiger partial charge in [-0.15, -0.1) is 0 Å². The van der Waals surface area contributed by atoms with Gasteiger partial charge in [-0.25, -0.2) is 9.59 Å².